The molecule has 0 aliphatic carbocycles. The third-order valence-corrected chi connectivity index (χ3v) is 2.56. The zero-order valence-corrected chi connectivity index (χ0v) is 10.1. The van der Waals surface area contributed by atoms with Crippen molar-refractivity contribution in [3.05, 3.63) is 22.8 Å². The van der Waals surface area contributed by atoms with E-state index in [1.54, 1.807) is 12.5 Å². The third kappa shape index (κ3) is 2.27. The summed E-state index contributed by atoms with van der Waals surface area (Å²) in [6.45, 7) is 0.519. The molecule has 0 aliphatic heterocycles. The van der Waals surface area contributed by atoms with E-state index in [0.29, 0.717) is 12.4 Å². The summed E-state index contributed by atoms with van der Waals surface area (Å²) in [6, 6.07) is 0. The van der Waals surface area contributed by atoms with Crippen LogP contribution in [-0.4, -0.2) is 24.7 Å². The number of nitrogens with zero attached hydrogens (tertiary/aromatic N) is 5. The smallest absolute Gasteiger partial charge is 0.221 e. The largest absolute Gasteiger partial charge is 0.368 e. The predicted octanol–water partition coefficient (Wildman–Crippen LogP) is 0.562. The average Bonchev–Trinajstić information content (AvgIpc) is 2.66. The Hall–Kier alpha value is -1.70. The maximum absolute atomic E-state index is 5.49. The molecule has 16 heavy (non-hydrogen) atoms. The van der Waals surface area contributed by atoms with Gasteiger partial charge in [-0.1, -0.05) is 0 Å². The molecule has 0 radical (unpaired) electrons. The summed E-state index contributed by atoms with van der Waals surface area (Å²) in [6.07, 6.45) is 3.24. The molecule has 7 nitrogen and oxygen atoms in total. The Balaban J connectivity index is 2.10. The molecule has 0 saturated carbocycles. The van der Waals surface area contributed by atoms with Crippen molar-refractivity contribution in [2.75, 3.05) is 11.1 Å². The van der Waals surface area contributed by atoms with Crippen LogP contribution in [0.2, 0.25) is 0 Å². The standard InChI is InChI=1S/C8H10BrN7/c1-16-4-13-15-6(16)3-11-7-5(9)2-12-8(10)14-7/h2,4H,3H2,1H3,(H3,10,11,12,14). The first-order valence-electron chi connectivity index (χ1n) is 4.51. The van der Waals surface area contributed by atoms with Gasteiger partial charge in [0, 0.05) is 13.2 Å². The molecule has 0 aliphatic rings. The van der Waals surface area contributed by atoms with Gasteiger partial charge in [-0.2, -0.15) is 4.98 Å². The van der Waals surface area contributed by atoms with Gasteiger partial charge in [-0.05, 0) is 15.9 Å². The molecule has 0 spiro atoms. The Bertz CT molecular complexity index is 495. The van der Waals surface area contributed by atoms with E-state index < -0.39 is 0 Å². The van der Waals surface area contributed by atoms with Crippen LogP contribution in [0, 0.1) is 0 Å². The lowest BCUT2D eigenvalue weighted by atomic mass is 10.5. The van der Waals surface area contributed by atoms with Gasteiger partial charge in [0.1, 0.15) is 12.1 Å². The van der Waals surface area contributed by atoms with E-state index in [1.165, 1.54) is 0 Å². The minimum Gasteiger partial charge on any atom is -0.368 e. The van der Waals surface area contributed by atoms with E-state index in [1.807, 2.05) is 11.6 Å². The molecule has 2 aromatic heterocycles. The number of nitrogens with two attached hydrogens (primary N) is 1. The maximum atomic E-state index is 5.49. The van der Waals surface area contributed by atoms with Gasteiger partial charge in [0.15, 0.2) is 5.82 Å². The molecule has 2 rings (SSSR count). The van der Waals surface area contributed by atoms with Gasteiger partial charge >= 0.3 is 0 Å². The number of nitrogens with one attached hydrogen (secondary N) is 1. The van der Waals surface area contributed by atoms with Gasteiger partial charge in [0.05, 0.1) is 11.0 Å². The van der Waals surface area contributed by atoms with E-state index in [2.05, 4.69) is 41.4 Å². The van der Waals surface area contributed by atoms with Crippen LogP contribution in [0.1, 0.15) is 5.82 Å². The maximum Gasteiger partial charge on any atom is 0.221 e. The second-order valence-electron chi connectivity index (χ2n) is 3.14. The molecule has 3 N–H and O–H groups in total. The Morgan fingerprint density at radius 2 is 2.38 bits per heavy atom. The molecule has 0 fully saturated rings. The minimum absolute atomic E-state index is 0.226. The second kappa shape index (κ2) is 4.44. The fourth-order valence-electron chi connectivity index (χ4n) is 1.13. The predicted molar refractivity (Wildman–Crippen MR) is 62.5 cm³/mol. The summed E-state index contributed by atoms with van der Waals surface area (Å²) in [5, 5.41) is 10.8. The van der Waals surface area contributed by atoms with Crippen LogP contribution in [0.15, 0.2) is 17.0 Å². The van der Waals surface area contributed by atoms with Gasteiger partial charge < -0.3 is 15.6 Å². The molecule has 0 bridgehead atoms. The first-order valence-corrected chi connectivity index (χ1v) is 5.31. The summed E-state index contributed by atoms with van der Waals surface area (Å²) in [7, 11) is 1.88. The number of rotatable bonds is 3. The average molecular weight is 284 g/mol. The fraction of sp³-hybridized carbons (Fsp3) is 0.250. The van der Waals surface area contributed by atoms with Crippen molar-refractivity contribution in [2.24, 2.45) is 7.05 Å². The van der Waals surface area contributed by atoms with Gasteiger partial charge in [-0.25, -0.2) is 4.98 Å². The Morgan fingerprint density at radius 1 is 1.56 bits per heavy atom. The Morgan fingerprint density at radius 3 is 3.06 bits per heavy atom. The second-order valence-corrected chi connectivity index (χ2v) is 3.99. The van der Waals surface area contributed by atoms with Crippen LogP contribution in [0.3, 0.4) is 0 Å². The third-order valence-electron chi connectivity index (χ3n) is 1.98. The van der Waals surface area contributed by atoms with E-state index in [-0.39, 0.29) is 5.95 Å². The molecule has 8 heteroatoms. The molecule has 84 valence electrons. The van der Waals surface area contributed by atoms with Crippen LogP contribution in [0.25, 0.3) is 0 Å². The van der Waals surface area contributed by atoms with Gasteiger partial charge in [0.2, 0.25) is 5.95 Å². The van der Waals surface area contributed by atoms with E-state index in [0.717, 1.165) is 10.3 Å². The van der Waals surface area contributed by atoms with Crippen molar-refractivity contribution in [3.63, 3.8) is 0 Å². The summed E-state index contributed by atoms with van der Waals surface area (Å²) < 4.78 is 2.58. The minimum atomic E-state index is 0.226. The number of nitrogen functional groups attached to an aromatic ring is 1. The van der Waals surface area contributed by atoms with Gasteiger partial charge in [-0.15, -0.1) is 10.2 Å². The van der Waals surface area contributed by atoms with Gasteiger partial charge in [-0.3, -0.25) is 0 Å². The number of aromatic nitrogens is 5. The molecule has 2 heterocycles. The van der Waals surface area contributed by atoms with Gasteiger partial charge in [0.25, 0.3) is 0 Å². The molecule has 0 atom stereocenters. The Kier molecular flexibility index (Phi) is 3.00. The lowest BCUT2D eigenvalue weighted by Gasteiger charge is -2.06. The summed E-state index contributed by atoms with van der Waals surface area (Å²) in [5.41, 5.74) is 5.49. The van der Waals surface area contributed by atoms with Crippen molar-refractivity contribution < 1.29 is 0 Å². The zero-order chi connectivity index (χ0) is 11.5. The van der Waals surface area contributed by atoms with Crippen LogP contribution >= 0.6 is 15.9 Å². The van der Waals surface area contributed by atoms with Crippen LogP contribution in [0.5, 0.6) is 0 Å². The van der Waals surface area contributed by atoms with Crippen molar-refractivity contribution in [1.82, 2.24) is 24.7 Å². The molecular formula is C8H10BrN7. The number of aryl methyl sites for hydroxylation is 1. The van der Waals surface area contributed by atoms with Crippen LogP contribution < -0.4 is 11.1 Å². The first-order chi connectivity index (χ1) is 7.66. The summed E-state index contributed by atoms with van der Waals surface area (Å²) in [4.78, 5) is 7.90. The molecular weight excluding hydrogens is 274 g/mol. The summed E-state index contributed by atoms with van der Waals surface area (Å²) >= 11 is 3.33. The van der Waals surface area contributed by atoms with Crippen molar-refractivity contribution >= 4 is 27.7 Å². The lowest BCUT2D eigenvalue weighted by Crippen LogP contribution is -2.08. The van der Waals surface area contributed by atoms with Crippen LogP contribution in [0.4, 0.5) is 11.8 Å². The summed E-state index contributed by atoms with van der Waals surface area (Å²) in [5.74, 6) is 1.67. The SMILES string of the molecule is Cn1cnnc1CNc1nc(N)ncc1Br. The lowest BCUT2D eigenvalue weighted by molar-refractivity contribution is 0.809. The zero-order valence-electron chi connectivity index (χ0n) is 8.55. The van der Waals surface area contributed by atoms with Crippen molar-refractivity contribution in [1.29, 1.82) is 0 Å². The molecule has 0 aromatic carbocycles. The first kappa shape index (κ1) is 10.8. The van der Waals surface area contributed by atoms with E-state index in [9.17, 15) is 0 Å². The molecule has 0 amide bonds. The number of halogens is 1. The molecule has 0 saturated heterocycles. The highest BCUT2D eigenvalue weighted by Gasteiger charge is 2.05. The Labute approximate surface area is 100 Å². The number of hydrogen-bond donors (Lipinski definition) is 2. The topological polar surface area (TPSA) is 94.5 Å². The van der Waals surface area contributed by atoms with Crippen molar-refractivity contribution in [3.8, 4) is 0 Å². The van der Waals surface area contributed by atoms with Crippen LogP contribution in [-0.2, 0) is 13.6 Å². The highest BCUT2D eigenvalue weighted by atomic mass is 79.9. The van der Waals surface area contributed by atoms with E-state index in [4.69, 9.17) is 5.73 Å². The number of hydrogen-bond acceptors (Lipinski definition) is 6. The fourth-order valence-corrected chi connectivity index (χ4v) is 1.47. The molecule has 2 aromatic rings. The number of anilines is 2. The highest BCUT2D eigenvalue weighted by Crippen LogP contribution is 2.19. The molecule has 0 unspecified atom stereocenters. The quantitative estimate of drug-likeness (QED) is 0.855. The normalized spacial score (nSPS) is 10.4. The monoisotopic (exact) mass is 283 g/mol. The highest BCUT2D eigenvalue weighted by molar-refractivity contribution is 9.10. The van der Waals surface area contributed by atoms with Crippen molar-refractivity contribution in [2.45, 2.75) is 6.54 Å². The van der Waals surface area contributed by atoms with E-state index >= 15 is 0 Å².